The summed E-state index contributed by atoms with van der Waals surface area (Å²) in [4.78, 5) is 7.34. The van der Waals surface area contributed by atoms with Gasteiger partial charge in [-0.05, 0) is 49.9 Å². The van der Waals surface area contributed by atoms with Crippen LogP contribution in [-0.2, 0) is 0 Å². The molecule has 1 aromatic heterocycles. The van der Waals surface area contributed by atoms with E-state index < -0.39 is 0 Å². The van der Waals surface area contributed by atoms with E-state index in [-0.39, 0.29) is 5.92 Å². The third kappa shape index (κ3) is 2.97. The fraction of sp³-hybridized carbons (Fsp3) is 0.364. The van der Waals surface area contributed by atoms with Crippen molar-refractivity contribution in [3.05, 3.63) is 71.1 Å². The maximum atomic E-state index is 6.12. The van der Waals surface area contributed by atoms with Crippen molar-refractivity contribution < 1.29 is 4.52 Å². The van der Waals surface area contributed by atoms with Gasteiger partial charge >= 0.3 is 0 Å². The molecular formula is C22H22ClN3O. The third-order valence-electron chi connectivity index (χ3n) is 6.33. The average Bonchev–Trinajstić information content (AvgIpc) is 3.26. The summed E-state index contributed by atoms with van der Waals surface area (Å²) in [5.41, 5.74) is 2.30. The van der Waals surface area contributed by atoms with Gasteiger partial charge in [0.1, 0.15) is 0 Å². The van der Waals surface area contributed by atoms with Crippen LogP contribution >= 0.6 is 11.6 Å². The van der Waals surface area contributed by atoms with Gasteiger partial charge in [0.25, 0.3) is 0 Å². The Morgan fingerprint density at radius 2 is 1.81 bits per heavy atom. The molecule has 4 nitrogen and oxygen atoms in total. The standard InChI is InChI=1S/C22H22ClN3O/c1-26-17-11-12-19(26)20(18(13-17)14-7-9-16(23)10-8-14)22-24-21(25-27-22)15-5-3-2-4-6-15/h2-10,17-20H,11-13H2,1H3. The molecule has 4 atom stereocenters. The van der Waals surface area contributed by atoms with Gasteiger partial charge in [-0.2, -0.15) is 4.98 Å². The summed E-state index contributed by atoms with van der Waals surface area (Å²) in [6.45, 7) is 0. The number of hydrogen-bond donors (Lipinski definition) is 0. The molecule has 0 radical (unpaired) electrons. The summed E-state index contributed by atoms with van der Waals surface area (Å²) in [5, 5.41) is 5.06. The van der Waals surface area contributed by atoms with E-state index >= 15 is 0 Å². The number of rotatable bonds is 3. The molecule has 0 spiro atoms. The Morgan fingerprint density at radius 3 is 2.59 bits per heavy atom. The molecule has 27 heavy (non-hydrogen) atoms. The number of nitrogens with zero attached hydrogens (tertiary/aromatic N) is 3. The largest absolute Gasteiger partial charge is 0.339 e. The normalized spacial score (nSPS) is 27.8. The van der Waals surface area contributed by atoms with Crippen LogP contribution < -0.4 is 0 Å². The number of aromatic nitrogens is 2. The molecule has 0 aliphatic carbocycles. The van der Waals surface area contributed by atoms with E-state index in [1.807, 2.05) is 42.5 Å². The summed E-state index contributed by atoms with van der Waals surface area (Å²) in [6.07, 6.45) is 3.53. The second kappa shape index (κ2) is 6.77. The zero-order chi connectivity index (χ0) is 18.4. The summed E-state index contributed by atoms with van der Waals surface area (Å²) in [6, 6.07) is 19.4. The average molecular weight is 380 g/mol. The molecular weight excluding hydrogens is 358 g/mol. The molecule has 2 fully saturated rings. The first kappa shape index (κ1) is 17.0. The van der Waals surface area contributed by atoms with Crippen LogP contribution in [0.1, 0.15) is 42.6 Å². The molecule has 2 bridgehead atoms. The molecule has 2 saturated heterocycles. The molecule has 5 heteroatoms. The van der Waals surface area contributed by atoms with Crippen molar-refractivity contribution in [2.24, 2.45) is 0 Å². The van der Waals surface area contributed by atoms with Gasteiger partial charge in [0.05, 0.1) is 5.92 Å². The highest BCUT2D eigenvalue weighted by Crippen LogP contribution is 2.50. The molecule has 5 rings (SSSR count). The molecule has 2 aromatic carbocycles. The highest BCUT2D eigenvalue weighted by molar-refractivity contribution is 6.30. The van der Waals surface area contributed by atoms with Gasteiger partial charge < -0.3 is 4.52 Å². The second-order valence-electron chi connectivity index (χ2n) is 7.71. The Bertz CT molecular complexity index is 924. The Morgan fingerprint density at radius 1 is 1.04 bits per heavy atom. The summed E-state index contributed by atoms with van der Waals surface area (Å²) in [5.74, 6) is 2.01. The molecule has 138 valence electrons. The van der Waals surface area contributed by atoms with E-state index in [1.165, 1.54) is 18.4 Å². The summed E-state index contributed by atoms with van der Waals surface area (Å²) >= 11 is 6.12. The van der Waals surface area contributed by atoms with Gasteiger partial charge in [0.2, 0.25) is 11.7 Å². The van der Waals surface area contributed by atoms with Crippen molar-refractivity contribution in [3.8, 4) is 11.4 Å². The highest BCUT2D eigenvalue weighted by atomic mass is 35.5. The van der Waals surface area contributed by atoms with Crippen LogP contribution in [0.25, 0.3) is 11.4 Å². The molecule has 4 unspecified atom stereocenters. The van der Waals surface area contributed by atoms with Crippen molar-refractivity contribution in [2.45, 2.75) is 43.2 Å². The van der Waals surface area contributed by atoms with Crippen molar-refractivity contribution in [1.82, 2.24) is 15.0 Å². The first-order valence-electron chi connectivity index (χ1n) is 9.57. The fourth-order valence-electron chi connectivity index (χ4n) is 4.93. The number of piperidine rings is 1. The lowest BCUT2D eigenvalue weighted by Gasteiger charge is -2.41. The van der Waals surface area contributed by atoms with Crippen LogP contribution in [0.15, 0.2) is 59.1 Å². The van der Waals surface area contributed by atoms with E-state index in [4.69, 9.17) is 21.1 Å². The zero-order valence-electron chi connectivity index (χ0n) is 15.3. The number of benzene rings is 2. The van der Waals surface area contributed by atoms with Crippen molar-refractivity contribution in [1.29, 1.82) is 0 Å². The van der Waals surface area contributed by atoms with Crippen LogP contribution in [0.3, 0.4) is 0 Å². The Kier molecular flexibility index (Phi) is 4.25. The molecule has 2 aliphatic heterocycles. The topological polar surface area (TPSA) is 42.2 Å². The van der Waals surface area contributed by atoms with Gasteiger partial charge in [-0.1, -0.05) is 59.2 Å². The molecule has 2 aliphatic rings. The Balaban J connectivity index is 1.54. The number of fused-ring (bicyclic) bond motifs is 2. The molecule has 0 amide bonds. The minimum atomic E-state index is 0.208. The van der Waals surface area contributed by atoms with E-state index in [1.54, 1.807) is 0 Å². The molecule has 0 N–H and O–H groups in total. The van der Waals surface area contributed by atoms with Crippen LogP contribution in [0.2, 0.25) is 5.02 Å². The fourth-order valence-corrected chi connectivity index (χ4v) is 5.06. The lowest BCUT2D eigenvalue weighted by atomic mass is 9.76. The summed E-state index contributed by atoms with van der Waals surface area (Å²) in [7, 11) is 2.24. The smallest absolute Gasteiger partial charge is 0.232 e. The first-order chi connectivity index (χ1) is 13.2. The lowest BCUT2D eigenvalue weighted by Crippen LogP contribution is -2.44. The number of likely N-dealkylation sites (N-methyl/N-ethyl adjacent to an activating group) is 1. The van der Waals surface area contributed by atoms with E-state index in [0.29, 0.717) is 23.8 Å². The van der Waals surface area contributed by atoms with Crippen LogP contribution in [-0.4, -0.2) is 34.2 Å². The molecule has 0 saturated carbocycles. The van der Waals surface area contributed by atoms with Crippen LogP contribution in [0, 0.1) is 0 Å². The quantitative estimate of drug-likeness (QED) is 0.633. The monoisotopic (exact) mass is 379 g/mol. The number of halogens is 1. The number of hydrogen-bond acceptors (Lipinski definition) is 4. The van der Waals surface area contributed by atoms with Gasteiger partial charge in [0, 0.05) is 22.7 Å². The van der Waals surface area contributed by atoms with Gasteiger partial charge in [-0.15, -0.1) is 0 Å². The second-order valence-corrected chi connectivity index (χ2v) is 8.14. The van der Waals surface area contributed by atoms with Crippen molar-refractivity contribution in [2.75, 3.05) is 7.05 Å². The minimum Gasteiger partial charge on any atom is -0.339 e. The molecule has 3 heterocycles. The predicted molar refractivity (Wildman–Crippen MR) is 106 cm³/mol. The molecule has 3 aromatic rings. The maximum absolute atomic E-state index is 6.12. The first-order valence-corrected chi connectivity index (χ1v) is 9.95. The lowest BCUT2D eigenvalue weighted by molar-refractivity contribution is 0.120. The van der Waals surface area contributed by atoms with Crippen LogP contribution in [0.4, 0.5) is 0 Å². The highest BCUT2D eigenvalue weighted by Gasteiger charge is 2.48. The summed E-state index contributed by atoms with van der Waals surface area (Å²) < 4.78 is 5.82. The van der Waals surface area contributed by atoms with Crippen molar-refractivity contribution in [3.63, 3.8) is 0 Å². The van der Waals surface area contributed by atoms with E-state index in [0.717, 1.165) is 22.9 Å². The SMILES string of the molecule is CN1C2CCC1C(c1nc(-c3ccccc3)no1)C(c1ccc(Cl)cc1)C2. The zero-order valence-corrected chi connectivity index (χ0v) is 16.0. The van der Waals surface area contributed by atoms with Gasteiger partial charge in [0.15, 0.2) is 0 Å². The maximum Gasteiger partial charge on any atom is 0.232 e. The Labute approximate surface area is 164 Å². The third-order valence-corrected chi connectivity index (χ3v) is 6.58. The minimum absolute atomic E-state index is 0.208. The Hall–Kier alpha value is -2.17. The van der Waals surface area contributed by atoms with Crippen molar-refractivity contribution >= 4 is 11.6 Å². The van der Waals surface area contributed by atoms with Gasteiger partial charge in [-0.3, -0.25) is 4.90 Å². The van der Waals surface area contributed by atoms with E-state index in [9.17, 15) is 0 Å². The van der Waals surface area contributed by atoms with Gasteiger partial charge in [-0.25, -0.2) is 0 Å². The van der Waals surface area contributed by atoms with Crippen LogP contribution in [0.5, 0.6) is 0 Å². The predicted octanol–water partition coefficient (Wildman–Crippen LogP) is 5.12. The van der Waals surface area contributed by atoms with E-state index in [2.05, 4.69) is 29.2 Å².